The second kappa shape index (κ2) is 4.90. The Morgan fingerprint density at radius 1 is 1.40 bits per heavy atom. The highest BCUT2D eigenvalue weighted by Gasteiger charge is 2.17. The van der Waals surface area contributed by atoms with Crippen molar-refractivity contribution in [1.29, 1.82) is 0 Å². The molecule has 3 heteroatoms. The number of amides is 1. The van der Waals surface area contributed by atoms with Gasteiger partial charge < -0.3 is 5.32 Å². The Balaban J connectivity index is 2.55. The van der Waals surface area contributed by atoms with E-state index in [1.54, 1.807) is 13.8 Å². The number of benzene rings is 1. The summed E-state index contributed by atoms with van der Waals surface area (Å²) in [4.78, 5) is 12.4. The lowest BCUT2D eigenvalue weighted by atomic mass is 10.1. The van der Waals surface area contributed by atoms with Gasteiger partial charge in [-0.1, -0.05) is 24.1 Å². The minimum absolute atomic E-state index is 0.135. The standard InChI is InChI=1S/C12H13NOS/c1-4-12(2,3)13-11(14)15-10-8-6-5-7-9-10/h1,5-9H,2-3H3,(H,13,14). The topological polar surface area (TPSA) is 29.1 Å². The predicted octanol–water partition coefficient (Wildman–Crippen LogP) is 2.90. The average molecular weight is 219 g/mol. The molecule has 0 atom stereocenters. The second-order valence-electron chi connectivity index (χ2n) is 3.60. The lowest BCUT2D eigenvalue weighted by molar-refractivity contribution is 0.256. The molecule has 1 aromatic carbocycles. The summed E-state index contributed by atoms with van der Waals surface area (Å²) >= 11 is 1.14. The van der Waals surface area contributed by atoms with Crippen molar-refractivity contribution in [2.45, 2.75) is 24.3 Å². The normalized spacial score (nSPS) is 10.5. The Kier molecular flexibility index (Phi) is 3.81. The molecule has 1 aromatic rings. The lowest BCUT2D eigenvalue weighted by Crippen LogP contribution is -2.39. The lowest BCUT2D eigenvalue weighted by Gasteiger charge is -2.18. The summed E-state index contributed by atoms with van der Waals surface area (Å²) in [7, 11) is 0. The van der Waals surface area contributed by atoms with Gasteiger partial charge in [-0.2, -0.15) is 0 Å². The summed E-state index contributed by atoms with van der Waals surface area (Å²) in [5.41, 5.74) is -0.598. The van der Waals surface area contributed by atoms with Gasteiger partial charge in [0.15, 0.2) is 0 Å². The van der Waals surface area contributed by atoms with Crippen LogP contribution in [0, 0.1) is 12.3 Å². The quantitative estimate of drug-likeness (QED) is 0.612. The zero-order chi connectivity index (χ0) is 11.3. The second-order valence-corrected chi connectivity index (χ2v) is 4.64. The zero-order valence-electron chi connectivity index (χ0n) is 8.78. The van der Waals surface area contributed by atoms with E-state index in [4.69, 9.17) is 6.42 Å². The summed E-state index contributed by atoms with van der Waals surface area (Å²) in [6.07, 6.45) is 5.27. The van der Waals surface area contributed by atoms with Crippen LogP contribution in [-0.4, -0.2) is 10.8 Å². The first-order chi connectivity index (χ1) is 7.03. The molecule has 0 spiro atoms. The minimum Gasteiger partial charge on any atom is -0.331 e. The highest BCUT2D eigenvalue weighted by molar-refractivity contribution is 8.13. The maximum absolute atomic E-state index is 11.5. The number of nitrogens with one attached hydrogen (secondary N) is 1. The first kappa shape index (κ1) is 11.7. The monoisotopic (exact) mass is 219 g/mol. The van der Waals surface area contributed by atoms with Gasteiger partial charge in [0.2, 0.25) is 0 Å². The number of rotatable bonds is 2. The van der Waals surface area contributed by atoms with E-state index in [9.17, 15) is 4.79 Å². The van der Waals surface area contributed by atoms with Crippen LogP contribution in [0.4, 0.5) is 4.79 Å². The summed E-state index contributed by atoms with van der Waals surface area (Å²) in [6.45, 7) is 3.58. The van der Waals surface area contributed by atoms with Crippen molar-refractivity contribution in [1.82, 2.24) is 5.32 Å². The van der Waals surface area contributed by atoms with Crippen molar-refractivity contribution in [3.8, 4) is 12.3 Å². The largest absolute Gasteiger partial charge is 0.331 e. The fourth-order valence-corrected chi connectivity index (χ4v) is 1.73. The molecule has 0 aliphatic heterocycles. The highest BCUT2D eigenvalue weighted by Crippen LogP contribution is 2.18. The summed E-state index contributed by atoms with van der Waals surface area (Å²) in [5.74, 6) is 2.51. The van der Waals surface area contributed by atoms with E-state index in [0.29, 0.717) is 0 Å². The van der Waals surface area contributed by atoms with Crippen molar-refractivity contribution in [3.05, 3.63) is 30.3 Å². The molecule has 0 aliphatic carbocycles. The van der Waals surface area contributed by atoms with E-state index < -0.39 is 5.54 Å². The van der Waals surface area contributed by atoms with Crippen LogP contribution in [0.15, 0.2) is 35.2 Å². The molecule has 0 fully saturated rings. The van der Waals surface area contributed by atoms with Crippen LogP contribution in [0.2, 0.25) is 0 Å². The smallest absolute Gasteiger partial charge is 0.285 e. The third-order valence-electron chi connectivity index (χ3n) is 1.73. The Hall–Kier alpha value is -1.40. The molecule has 1 amide bonds. The molecule has 1 rings (SSSR count). The van der Waals surface area contributed by atoms with Crippen LogP contribution in [0.5, 0.6) is 0 Å². The number of hydrogen-bond acceptors (Lipinski definition) is 2. The number of hydrogen-bond donors (Lipinski definition) is 1. The molecule has 78 valence electrons. The molecular formula is C12H13NOS. The fraction of sp³-hybridized carbons (Fsp3) is 0.250. The van der Waals surface area contributed by atoms with Crippen LogP contribution in [0.25, 0.3) is 0 Å². The van der Waals surface area contributed by atoms with E-state index in [-0.39, 0.29) is 5.24 Å². The Morgan fingerprint density at radius 3 is 2.53 bits per heavy atom. The molecule has 0 saturated heterocycles. The first-order valence-corrected chi connectivity index (χ1v) is 5.38. The van der Waals surface area contributed by atoms with Gasteiger partial charge in [0, 0.05) is 4.90 Å². The van der Waals surface area contributed by atoms with Gasteiger partial charge in [-0.05, 0) is 37.7 Å². The molecule has 0 unspecified atom stereocenters. The Labute approximate surface area is 94.5 Å². The average Bonchev–Trinajstić information content (AvgIpc) is 2.18. The summed E-state index contributed by atoms with van der Waals surface area (Å²) in [5, 5.41) is 2.61. The van der Waals surface area contributed by atoms with Gasteiger partial charge in [0.1, 0.15) is 0 Å². The molecule has 15 heavy (non-hydrogen) atoms. The third-order valence-corrected chi connectivity index (χ3v) is 2.52. The van der Waals surface area contributed by atoms with E-state index in [1.165, 1.54) is 0 Å². The van der Waals surface area contributed by atoms with Crippen molar-refractivity contribution in [3.63, 3.8) is 0 Å². The molecular weight excluding hydrogens is 206 g/mol. The van der Waals surface area contributed by atoms with E-state index in [2.05, 4.69) is 11.2 Å². The van der Waals surface area contributed by atoms with Gasteiger partial charge >= 0.3 is 0 Å². The molecule has 0 heterocycles. The zero-order valence-corrected chi connectivity index (χ0v) is 9.60. The van der Waals surface area contributed by atoms with Crippen LogP contribution >= 0.6 is 11.8 Å². The van der Waals surface area contributed by atoms with Gasteiger partial charge in [0.25, 0.3) is 5.24 Å². The predicted molar refractivity (Wildman–Crippen MR) is 63.7 cm³/mol. The van der Waals surface area contributed by atoms with E-state index in [0.717, 1.165) is 16.7 Å². The molecule has 0 aromatic heterocycles. The van der Waals surface area contributed by atoms with Gasteiger partial charge in [-0.3, -0.25) is 4.79 Å². The number of terminal acetylenes is 1. The Morgan fingerprint density at radius 2 is 2.00 bits per heavy atom. The fourth-order valence-electron chi connectivity index (χ4n) is 0.912. The van der Waals surface area contributed by atoms with Crippen LogP contribution in [0.1, 0.15) is 13.8 Å². The van der Waals surface area contributed by atoms with Crippen molar-refractivity contribution < 1.29 is 4.79 Å². The van der Waals surface area contributed by atoms with Crippen LogP contribution < -0.4 is 5.32 Å². The highest BCUT2D eigenvalue weighted by atomic mass is 32.2. The molecule has 0 radical (unpaired) electrons. The molecule has 1 N–H and O–H groups in total. The number of carbonyl (C=O) groups excluding carboxylic acids is 1. The summed E-state index contributed by atoms with van der Waals surface area (Å²) < 4.78 is 0. The van der Waals surface area contributed by atoms with Crippen molar-refractivity contribution in [2.24, 2.45) is 0 Å². The van der Waals surface area contributed by atoms with Crippen molar-refractivity contribution in [2.75, 3.05) is 0 Å². The molecule has 0 saturated carbocycles. The molecule has 0 aliphatic rings. The van der Waals surface area contributed by atoms with Crippen LogP contribution in [-0.2, 0) is 0 Å². The first-order valence-electron chi connectivity index (χ1n) is 4.56. The van der Waals surface area contributed by atoms with Crippen LogP contribution in [0.3, 0.4) is 0 Å². The Bertz CT molecular complexity index is 378. The van der Waals surface area contributed by atoms with Gasteiger partial charge in [0.05, 0.1) is 5.54 Å². The minimum atomic E-state index is -0.598. The third kappa shape index (κ3) is 4.09. The van der Waals surface area contributed by atoms with Gasteiger partial charge in [-0.15, -0.1) is 6.42 Å². The van der Waals surface area contributed by atoms with E-state index >= 15 is 0 Å². The van der Waals surface area contributed by atoms with Gasteiger partial charge in [-0.25, -0.2) is 0 Å². The molecule has 2 nitrogen and oxygen atoms in total. The maximum Gasteiger partial charge on any atom is 0.285 e. The number of thioether (sulfide) groups is 1. The maximum atomic E-state index is 11.5. The number of carbonyl (C=O) groups is 1. The summed E-state index contributed by atoms with van der Waals surface area (Å²) in [6, 6.07) is 9.46. The SMILES string of the molecule is C#CC(C)(C)NC(=O)Sc1ccccc1. The molecule has 0 bridgehead atoms. The van der Waals surface area contributed by atoms with Crippen molar-refractivity contribution >= 4 is 17.0 Å². The van der Waals surface area contributed by atoms with E-state index in [1.807, 2.05) is 30.3 Å².